The highest BCUT2D eigenvalue weighted by atomic mass is 28.4. The second-order valence-electron chi connectivity index (χ2n) is 9.27. The first-order chi connectivity index (χ1) is 11.6. The number of methoxy groups -OCH3 is 1. The monoisotopic (exact) mass is 414 g/mol. The lowest BCUT2D eigenvalue weighted by molar-refractivity contribution is -0.143. The molecule has 148 valence electrons. The highest BCUT2D eigenvalue weighted by Gasteiger charge is 2.33. The number of carbonyl (C=O) groups is 1. The van der Waals surface area contributed by atoms with Crippen LogP contribution in [0.4, 0.5) is 0 Å². The summed E-state index contributed by atoms with van der Waals surface area (Å²) in [5.74, 6) is 0.975. The van der Waals surface area contributed by atoms with Crippen LogP contribution in [0.15, 0.2) is 18.2 Å². The van der Waals surface area contributed by atoms with Crippen molar-refractivity contribution >= 4 is 30.9 Å². The van der Waals surface area contributed by atoms with Gasteiger partial charge >= 0.3 is 5.97 Å². The number of hydrogen-bond donors (Lipinski definition) is 0. The zero-order valence-electron chi connectivity index (χ0n) is 17.9. The number of rotatable bonds is 8. The average Bonchev–Trinajstić information content (AvgIpc) is 2.40. The Kier molecular flexibility index (Phi) is 7.31. The molecule has 0 saturated carbocycles. The number of hydrogen-bond acceptors (Lipinski definition) is 5. The standard InChI is InChI=1S/C18H34O5Si3/c1-20-16-13-14(11-12-15(16)21-24(2,3)4)17(22-25(5,6)7)18(19)23-26(8,9)10/h11-13,17H,1-10H3/t17-/m1/s1. The number of carbonyl (C=O) groups excluding carboxylic acids is 1. The van der Waals surface area contributed by atoms with Crippen LogP contribution in [0.3, 0.4) is 0 Å². The van der Waals surface area contributed by atoms with E-state index in [0.717, 1.165) is 5.56 Å². The van der Waals surface area contributed by atoms with E-state index in [1.165, 1.54) is 0 Å². The lowest BCUT2D eigenvalue weighted by Gasteiger charge is -2.29. The molecule has 0 aromatic heterocycles. The first kappa shape index (κ1) is 22.9. The van der Waals surface area contributed by atoms with Crippen molar-refractivity contribution < 1.29 is 22.8 Å². The van der Waals surface area contributed by atoms with Crippen molar-refractivity contribution in [2.24, 2.45) is 0 Å². The highest BCUT2D eigenvalue weighted by molar-refractivity contribution is 6.71. The molecule has 1 aromatic rings. The Morgan fingerprint density at radius 2 is 1.42 bits per heavy atom. The molecule has 0 amide bonds. The normalized spacial score (nSPS) is 13.9. The summed E-state index contributed by atoms with van der Waals surface area (Å²) in [6.45, 7) is 18.5. The van der Waals surface area contributed by atoms with Gasteiger partial charge < -0.3 is 18.0 Å². The minimum Gasteiger partial charge on any atom is -0.542 e. The third-order valence-corrected chi connectivity index (χ3v) is 5.59. The van der Waals surface area contributed by atoms with Gasteiger partial charge in [-0.15, -0.1) is 0 Å². The van der Waals surface area contributed by atoms with Crippen molar-refractivity contribution in [1.29, 1.82) is 0 Å². The SMILES string of the molecule is COc1cc([C@@H](O[Si](C)(C)C)C(=O)O[Si](C)(C)C)ccc1O[Si](C)(C)C. The molecule has 0 fully saturated rings. The Balaban J connectivity index is 3.26. The van der Waals surface area contributed by atoms with E-state index >= 15 is 0 Å². The van der Waals surface area contributed by atoms with Crippen LogP contribution < -0.4 is 9.16 Å². The number of ether oxygens (including phenoxy) is 1. The van der Waals surface area contributed by atoms with Crippen molar-refractivity contribution in [3.05, 3.63) is 23.8 Å². The average molecular weight is 415 g/mol. The zero-order valence-corrected chi connectivity index (χ0v) is 20.9. The van der Waals surface area contributed by atoms with E-state index in [4.69, 9.17) is 18.0 Å². The molecule has 0 heterocycles. The zero-order chi connectivity index (χ0) is 20.3. The molecule has 5 nitrogen and oxygen atoms in total. The maximum Gasteiger partial charge on any atom is 0.325 e. The van der Waals surface area contributed by atoms with Gasteiger partial charge in [0, 0.05) is 0 Å². The van der Waals surface area contributed by atoms with Crippen LogP contribution in [0, 0.1) is 0 Å². The topological polar surface area (TPSA) is 54.0 Å². The Labute approximate surface area is 161 Å². The van der Waals surface area contributed by atoms with E-state index in [1.807, 2.05) is 37.8 Å². The summed E-state index contributed by atoms with van der Waals surface area (Å²) >= 11 is 0. The van der Waals surface area contributed by atoms with Gasteiger partial charge in [0.25, 0.3) is 0 Å². The molecule has 8 heteroatoms. The van der Waals surface area contributed by atoms with Crippen LogP contribution in [0.5, 0.6) is 11.5 Å². The number of benzene rings is 1. The molecule has 0 N–H and O–H groups in total. The molecule has 0 bridgehead atoms. The summed E-state index contributed by atoms with van der Waals surface area (Å²) in [6.07, 6.45) is -0.747. The Hall–Kier alpha value is -1.10. The summed E-state index contributed by atoms with van der Waals surface area (Å²) in [5, 5.41) is 0. The smallest absolute Gasteiger partial charge is 0.325 e. The van der Waals surface area contributed by atoms with Crippen molar-refractivity contribution in [1.82, 2.24) is 0 Å². The van der Waals surface area contributed by atoms with Gasteiger partial charge in [-0.3, -0.25) is 4.79 Å². The van der Waals surface area contributed by atoms with Gasteiger partial charge in [-0.25, -0.2) is 0 Å². The van der Waals surface area contributed by atoms with Crippen molar-refractivity contribution in [2.75, 3.05) is 7.11 Å². The third kappa shape index (κ3) is 8.07. The Morgan fingerprint density at radius 3 is 1.85 bits per heavy atom. The summed E-state index contributed by atoms with van der Waals surface area (Å²) in [4.78, 5) is 12.8. The molecule has 1 rings (SSSR count). The van der Waals surface area contributed by atoms with Gasteiger partial charge in [-0.2, -0.15) is 0 Å². The molecular formula is C18H34O5Si3. The van der Waals surface area contributed by atoms with Crippen molar-refractivity contribution in [2.45, 2.75) is 65.0 Å². The van der Waals surface area contributed by atoms with E-state index in [1.54, 1.807) is 7.11 Å². The van der Waals surface area contributed by atoms with E-state index in [9.17, 15) is 4.79 Å². The van der Waals surface area contributed by atoms with Crippen LogP contribution in [0.25, 0.3) is 0 Å². The van der Waals surface area contributed by atoms with Gasteiger partial charge in [-0.05, 0) is 76.6 Å². The minimum absolute atomic E-state index is 0.326. The van der Waals surface area contributed by atoms with Gasteiger partial charge in [0.15, 0.2) is 20.2 Å². The summed E-state index contributed by atoms with van der Waals surface area (Å²) in [6, 6.07) is 5.55. The van der Waals surface area contributed by atoms with Gasteiger partial charge in [0.1, 0.15) is 5.75 Å². The molecule has 0 radical (unpaired) electrons. The molecular weight excluding hydrogens is 380 g/mol. The van der Waals surface area contributed by atoms with Crippen LogP contribution in [-0.2, 0) is 13.6 Å². The minimum atomic E-state index is -2.02. The quantitative estimate of drug-likeness (QED) is 0.549. The summed E-state index contributed by atoms with van der Waals surface area (Å²) in [5.41, 5.74) is 0.732. The predicted molar refractivity (Wildman–Crippen MR) is 114 cm³/mol. The second kappa shape index (κ2) is 8.28. The second-order valence-corrected chi connectivity index (χ2v) is 22.6. The Morgan fingerprint density at radius 1 is 0.846 bits per heavy atom. The van der Waals surface area contributed by atoms with E-state index in [2.05, 4.69) is 39.3 Å². The molecule has 26 heavy (non-hydrogen) atoms. The highest BCUT2D eigenvalue weighted by Crippen LogP contribution is 2.34. The third-order valence-electron chi connectivity index (χ3n) is 3.00. The van der Waals surface area contributed by atoms with Crippen LogP contribution in [-0.4, -0.2) is 38.0 Å². The molecule has 1 atom stereocenters. The molecule has 0 aliphatic carbocycles. The maximum atomic E-state index is 12.8. The van der Waals surface area contributed by atoms with Gasteiger partial charge in [0.05, 0.1) is 7.11 Å². The van der Waals surface area contributed by atoms with Crippen LogP contribution in [0.1, 0.15) is 11.7 Å². The van der Waals surface area contributed by atoms with Crippen molar-refractivity contribution in [3.8, 4) is 11.5 Å². The van der Waals surface area contributed by atoms with Crippen LogP contribution >= 0.6 is 0 Å². The summed E-state index contributed by atoms with van der Waals surface area (Å²) in [7, 11) is -4.16. The largest absolute Gasteiger partial charge is 0.542 e. The molecule has 1 aromatic carbocycles. The predicted octanol–water partition coefficient (Wildman–Crippen LogP) is 5.18. The molecule has 0 aliphatic heterocycles. The Bertz CT molecular complexity index is 627. The fourth-order valence-corrected chi connectivity index (χ4v) is 4.70. The molecule has 0 spiro atoms. The molecule has 0 aliphatic rings. The van der Waals surface area contributed by atoms with E-state index in [-0.39, 0.29) is 5.97 Å². The van der Waals surface area contributed by atoms with Crippen LogP contribution in [0.2, 0.25) is 58.9 Å². The van der Waals surface area contributed by atoms with Gasteiger partial charge in [-0.1, -0.05) is 6.07 Å². The van der Waals surface area contributed by atoms with E-state index < -0.39 is 31.1 Å². The maximum absolute atomic E-state index is 12.8. The first-order valence-electron chi connectivity index (χ1n) is 8.89. The fraction of sp³-hybridized carbons (Fsp3) is 0.611. The van der Waals surface area contributed by atoms with Gasteiger partial charge in [0.2, 0.25) is 16.6 Å². The summed E-state index contributed by atoms with van der Waals surface area (Å²) < 4.78 is 23.5. The lowest BCUT2D eigenvalue weighted by atomic mass is 10.1. The lowest BCUT2D eigenvalue weighted by Crippen LogP contribution is -2.37. The molecule has 0 saturated heterocycles. The fourth-order valence-electron chi connectivity index (χ4n) is 2.22. The van der Waals surface area contributed by atoms with Crippen molar-refractivity contribution in [3.63, 3.8) is 0 Å². The molecule has 0 unspecified atom stereocenters. The first-order valence-corrected chi connectivity index (χ1v) is 19.1. The van der Waals surface area contributed by atoms with E-state index in [0.29, 0.717) is 11.5 Å².